The molecule has 16 heavy (non-hydrogen) atoms. The summed E-state index contributed by atoms with van der Waals surface area (Å²) in [5, 5.41) is 22.4. The van der Waals surface area contributed by atoms with Crippen LogP contribution in [0.15, 0.2) is 0 Å². The van der Waals surface area contributed by atoms with Crippen molar-refractivity contribution >= 4 is 11.8 Å². The summed E-state index contributed by atoms with van der Waals surface area (Å²) < 4.78 is 0. The van der Waals surface area contributed by atoms with Crippen LogP contribution in [0.5, 0.6) is 0 Å². The van der Waals surface area contributed by atoms with E-state index in [1.807, 2.05) is 0 Å². The van der Waals surface area contributed by atoms with Crippen molar-refractivity contribution in [3.05, 3.63) is 0 Å². The Morgan fingerprint density at radius 1 is 1.31 bits per heavy atom. The predicted molar refractivity (Wildman–Crippen MR) is 56.5 cm³/mol. The molecular weight excluding hydrogens is 212 g/mol. The van der Waals surface area contributed by atoms with E-state index in [-0.39, 0.29) is 25.0 Å². The third-order valence-corrected chi connectivity index (χ3v) is 2.70. The second-order valence-electron chi connectivity index (χ2n) is 3.89. The summed E-state index contributed by atoms with van der Waals surface area (Å²) >= 11 is 0. The van der Waals surface area contributed by atoms with Crippen LogP contribution >= 0.6 is 0 Å². The summed E-state index contributed by atoms with van der Waals surface area (Å²) in [5.74, 6) is -0.659. The Morgan fingerprint density at radius 2 is 2.00 bits per heavy atom. The first-order chi connectivity index (χ1) is 7.69. The van der Waals surface area contributed by atoms with Gasteiger partial charge in [-0.3, -0.25) is 9.59 Å². The van der Waals surface area contributed by atoms with E-state index in [4.69, 9.17) is 10.2 Å². The van der Waals surface area contributed by atoms with E-state index in [0.717, 1.165) is 19.3 Å². The lowest BCUT2D eigenvalue weighted by Gasteiger charge is -2.26. The van der Waals surface area contributed by atoms with Crippen LogP contribution in [-0.4, -0.2) is 47.8 Å². The van der Waals surface area contributed by atoms with E-state index >= 15 is 0 Å². The number of amides is 2. The summed E-state index contributed by atoms with van der Waals surface area (Å²) in [4.78, 5) is 22.9. The van der Waals surface area contributed by atoms with Crippen LogP contribution < -0.4 is 10.6 Å². The molecule has 1 aliphatic carbocycles. The van der Waals surface area contributed by atoms with Gasteiger partial charge in [0.2, 0.25) is 11.8 Å². The van der Waals surface area contributed by atoms with Crippen LogP contribution in [0.2, 0.25) is 0 Å². The average Bonchev–Trinajstić information content (AvgIpc) is 2.19. The Kier molecular flexibility index (Phi) is 5.21. The van der Waals surface area contributed by atoms with Gasteiger partial charge in [0.25, 0.3) is 0 Å². The molecule has 1 rings (SSSR count). The second kappa shape index (κ2) is 6.44. The number of carbonyl (C=O) groups excluding carboxylic acids is 2. The molecule has 0 spiro atoms. The van der Waals surface area contributed by atoms with E-state index in [0.29, 0.717) is 0 Å². The van der Waals surface area contributed by atoms with E-state index in [9.17, 15) is 9.59 Å². The maximum Gasteiger partial charge on any atom is 0.245 e. The molecule has 1 fully saturated rings. The zero-order valence-electron chi connectivity index (χ0n) is 9.11. The minimum atomic E-state index is -0.917. The topological polar surface area (TPSA) is 98.7 Å². The number of nitrogens with one attached hydrogen (secondary N) is 2. The van der Waals surface area contributed by atoms with Crippen molar-refractivity contribution in [2.45, 2.75) is 25.3 Å². The molecule has 1 saturated carbocycles. The van der Waals surface area contributed by atoms with Gasteiger partial charge < -0.3 is 20.8 Å². The average molecular weight is 230 g/mol. The van der Waals surface area contributed by atoms with Gasteiger partial charge in [-0.1, -0.05) is 6.42 Å². The molecule has 0 aromatic rings. The van der Waals surface area contributed by atoms with Gasteiger partial charge in [-0.05, 0) is 12.8 Å². The third-order valence-electron chi connectivity index (χ3n) is 2.70. The lowest BCUT2D eigenvalue weighted by Crippen LogP contribution is -2.51. The van der Waals surface area contributed by atoms with Gasteiger partial charge in [0.05, 0.1) is 13.2 Å². The van der Waals surface area contributed by atoms with Crippen molar-refractivity contribution in [1.82, 2.24) is 10.6 Å². The number of carbonyl (C=O) groups is 2. The highest BCUT2D eigenvalue weighted by Gasteiger charge is 2.28. The molecule has 6 heteroatoms. The highest BCUT2D eigenvalue weighted by molar-refractivity contribution is 5.88. The summed E-state index contributed by atoms with van der Waals surface area (Å²) in [6.45, 7) is -0.481. The van der Waals surface area contributed by atoms with Gasteiger partial charge in [-0.15, -0.1) is 0 Å². The number of aliphatic hydroxyl groups is 2. The van der Waals surface area contributed by atoms with Gasteiger partial charge in [-0.25, -0.2) is 0 Å². The minimum absolute atomic E-state index is 0.0142. The van der Waals surface area contributed by atoms with Crippen molar-refractivity contribution in [3.8, 4) is 0 Å². The number of rotatable bonds is 6. The summed E-state index contributed by atoms with van der Waals surface area (Å²) in [7, 11) is 0. The predicted octanol–water partition coefficient (Wildman–Crippen LogP) is -1.63. The third kappa shape index (κ3) is 3.46. The molecule has 0 saturated heterocycles. The maximum atomic E-state index is 11.5. The van der Waals surface area contributed by atoms with E-state index in [2.05, 4.69) is 10.6 Å². The molecule has 0 aromatic carbocycles. The molecule has 0 aliphatic heterocycles. The number of hydrogen-bond donors (Lipinski definition) is 4. The molecule has 6 nitrogen and oxygen atoms in total. The zero-order chi connectivity index (χ0) is 12.0. The smallest absolute Gasteiger partial charge is 0.245 e. The highest BCUT2D eigenvalue weighted by Crippen LogP contribution is 2.26. The normalized spacial score (nSPS) is 17.4. The minimum Gasteiger partial charge on any atom is -0.395 e. The van der Waals surface area contributed by atoms with Gasteiger partial charge in [0.1, 0.15) is 6.04 Å². The van der Waals surface area contributed by atoms with Crippen LogP contribution in [-0.2, 0) is 9.59 Å². The fourth-order valence-electron chi connectivity index (χ4n) is 1.46. The molecule has 0 radical (unpaired) electrons. The first-order valence-electron chi connectivity index (χ1n) is 5.49. The fourth-order valence-corrected chi connectivity index (χ4v) is 1.46. The van der Waals surface area contributed by atoms with Crippen molar-refractivity contribution in [2.75, 3.05) is 19.8 Å². The summed E-state index contributed by atoms with van der Waals surface area (Å²) in [6, 6.07) is -0.917. The van der Waals surface area contributed by atoms with Gasteiger partial charge >= 0.3 is 0 Å². The van der Waals surface area contributed by atoms with Crippen LogP contribution in [0.3, 0.4) is 0 Å². The maximum absolute atomic E-state index is 11.5. The fraction of sp³-hybridized carbons (Fsp3) is 0.800. The Bertz CT molecular complexity index is 253. The molecule has 0 aromatic heterocycles. The van der Waals surface area contributed by atoms with Crippen LogP contribution in [0.25, 0.3) is 0 Å². The molecule has 4 N–H and O–H groups in total. The van der Waals surface area contributed by atoms with Crippen molar-refractivity contribution in [3.63, 3.8) is 0 Å². The second-order valence-corrected chi connectivity index (χ2v) is 3.89. The molecule has 1 aliphatic rings. The number of aliphatic hydroxyl groups excluding tert-OH is 2. The molecule has 1 atom stereocenters. The van der Waals surface area contributed by atoms with Crippen molar-refractivity contribution < 1.29 is 19.8 Å². The van der Waals surface area contributed by atoms with Gasteiger partial charge in [0, 0.05) is 12.5 Å². The Labute approximate surface area is 94.0 Å². The first-order valence-corrected chi connectivity index (χ1v) is 5.49. The Morgan fingerprint density at radius 3 is 2.44 bits per heavy atom. The van der Waals surface area contributed by atoms with Crippen LogP contribution in [0.1, 0.15) is 19.3 Å². The van der Waals surface area contributed by atoms with Gasteiger partial charge in [0.15, 0.2) is 0 Å². The molecular formula is C10H18N2O4. The molecule has 0 heterocycles. The first kappa shape index (κ1) is 12.9. The zero-order valence-corrected chi connectivity index (χ0v) is 9.11. The molecule has 2 amide bonds. The van der Waals surface area contributed by atoms with Crippen LogP contribution in [0.4, 0.5) is 0 Å². The largest absolute Gasteiger partial charge is 0.395 e. The number of hydrogen-bond acceptors (Lipinski definition) is 4. The van der Waals surface area contributed by atoms with E-state index in [1.54, 1.807) is 0 Å². The molecule has 0 bridgehead atoms. The van der Waals surface area contributed by atoms with Crippen molar-refractivity contribution in [1.29, 1.82) is 0 Å². The lowest BCUT2D eigenvalue weighted by molar-refractivity contribution is -0.133. The van der Waals surface area contributed by atoms with E-state index < -0.39 is 18.6 Å². The lowest BCUT2D eigenvalue weighted by atomic mass is 9.84. The summed E-state index contributed by atoms with van der Waals surface area (Å²) in [5.41, 5.74) is 0. The molecule has 0 unspecified atom stereocenters. The Balaban J connectivity index is 2.34. The standard InChI is InChI=1S/C10H18N2O4/c13-5-4-11-10(16)8(6-14)12-9(15)7-2-1-3-7/h7-8,13-14H,1-6H2,(H,11,16)(H,12,15)/t8-/m1/s1. The Hall–Kier alpha value is -1.14. The molecule has 92 valence electrons. The van der Waals surface area contributed by atoms with Gasteiger partial charge in [-0.2, -0.15) is 0 Å². The summed E-state index contributed by atoms with van der Waals surface area (Å²) in [6.07, 6.45) is 2.74. The van der Waals surface area contributed by atoms with Crippen LogP contribution in [0, 0.1) is 5.92 Å². The van der Waals surface area contributed by atoms with E-state index in [1.165, 1.54) is 0 Å². The highest BCUT2D eigenvalue weighted by atomic mass is 16.3. The monoisotopic (exact) mass is 230 g/mol. The van der Waals surface area contributed by atoms with Crippen molar-refractivity contribution in [2.24, 2.45) is 5.92 Å². The SMILES string of the molecule is O=C(N[C@H](CO)C(=O)NCCO)C1CCC1. The quantitative estimate of drug-likeness (QED) is 0.440.